The average Bonchev–Trinajstić information content (AvgIpc) is 3.13. The van der Waals surface area contributed by atoms with E-state index in [-0.39, 0.29) is 18.0 Å². The van der Waals surface area contributed by atoms with E-state index in [1.54, 1.807) is 33.3 Å². The Morgan fingerprint density at radius 2 is 2.23 bits per heavy atom. The smallest absolute Gasteiger partial charge is 0.316 e. The van der Waals surface area contributed by atoms with Gasteiger partial charge in [0.2, 0.25) is 0 Å². The number of hydrogen-bond donors (Lipinski definition) is 2. The van der Waals surface area contributed by atoms with Gasteiger partial charge in [-0.05, 0) is 31.6 Å². The number of aryl methyl sites for hydroxylation is 1. The van der Waals surface area contributed by atoms with Gasteiger partial charge in [-0.15, -0.1) is 11.3 Å². The first kappa shape index (κ1) is 17.0. The minimum Gasteiger partial charge on any atom is -0.329 e. The second-order valence-electron chi connectivity index (χ2n) is 6.84. The summed E-state index contributed by atoms with van der Waals surface area (Å²) in [5.41, 5.74) is 0. The van der Waals surface area contributed by atoms with Crippen LogP contribution >= 0.6 is 11.3 Å². The lowest BCUT2D eigenvalue weighted by atomic mass is 10.0. The fourth-order valence-electron chi connectivity index (χ4n) is 3.32. The molecule has 0 unspecified atom stereocenters. The molecule has 2 aromatic rings. The molecule has 0 radical (unpaired) electrons. The fourth-order valence-corrected chi connectivity index (χ4v) is 4.10. The molecule has 3 amide bonds. The first-order chi connectivity index (χ1) is 12.6. The summed E-state index contributed by atoms with van der Waals surface area (Å²) in [5, 5.41) is 13.0. The lowest BCUT2D eigenvalue weighted by molar-refractivity contribution is -0.121. The van der Waals surface area contributed by atoms with Crippen LogP contribution < -0.4 is 15.5 Å². The molecule has 1 aliphatic carbocycles. The van der Waals surface area contributed by atoms with Crippen LogP contribution in [0, 0.1) is 5.92 Å². The number of urea groups is 1. The molecule has 1 aliphatic heterocycles. The number of thiazole rings is 1. The SMILES string of the molecule is Cn1ccc(N2CCC[C@H](NC(=O)N[C@@H](c3nccs3)C3CC3)C2=O)n1. The van der Waals surface area contributed by atoms with Gasteiger partial charge in [-0.25, -0.2) is 9.78 Å². The van der Waals surface area contributed by atoms with Crippen molar-refractivity contribution in [3.63, 3.8) is 0 Å². The normalized spacial score (nSPS) is 21.5. The Balaban J connectivity index is 1.39. The molecular weight excluding hydrogens is 352 g/mol. The number of aromatic nitrogens is 3. The van der Waals surface area contributed by atoms with E-state index in [4.69, 9.17) is 0 Å². The van der Waals surface area contributed by atoms with E-state index in [1.807, 2.05) is 18.5 Å². The number of piperidine rings is 1. The number of amides is 3. The number of nitrogens with one attached hydrogen (secondary N) is 2. The molecule has 0 aromatic carbocycles. The Morgan fingerprint density at radius 3 is 2.88 bits per heavy atom. The molecule has 0 spiro atoms. The van der Waals surface area contributed by atoms with Gasteiger partial charge in [0, 0.05) is 37.4 Å². The van der Waals surface area contributed by atoms with Gasteiger partial charge in [0.15, 0.2) is 5.82 Å². The topological polar surface area (TPSA) is 92.1 Å². The number of carbonyl (C=O) groups excluding carboxylic acids is 2. The maximum atomic E-state index is 12.8. The van der Waals surface area contributed by atoms with Crippen molar-refractivity contribution in [3.8, 4) is 0 Å². The maximum absolute atomic E-state index is 12.8. The van der Waals surface area contributed by atoms with E-state index in [0.29, 0.717) is 24.7 Å². The zero-order valence-electron chi connectivity index (χ0n) is 14.6. The van der Waals surface area contributed by atoms with Crippen LogP contribution in [0.3, 0.4) is 0 Å². The number of carbonyl (C=O) groups is 2. The predicted molar refractivity (Wildman–Crippen MR) is 97.8 cm³/mol. The van der Waals surface area contributed by atoms with E-state index >= 15 is 0 Å². The van der Waals surface area contributed by atoms with Gasteiger partial charge in [0.25, 0.3) is 5.91 Å². The minimum atomic E-state index is -0.526. The van der Waals surface area contributed by atoms with Crippen molar-refractivity contribution in [1.29, 1.82) is 0 Å². The summed E-state index contributed by atoms with van der Waals surface area (Å²) >= 11 is 1.55. The molecule has 2 aromatic heterocycles. The molecule has 9 heteroatoms. The van der Waals surface area contributed by atoms with Gasteiger partial charge < -0.3 is 10.6 Å². The van der Waals surface area contributed by atoms with E-state index in [1.165, 1.54) is 0 Å². The van der Waals surface area contributed by atoms with Crippen LogP contribution in [0.1, 0.15) is 36.7 Å². The van der Waals surface area contributed by atoms with Crippen molar-refractivity contribution in [2.24, 2.45) is 13.0 Å². The third-order valence-corrected chi connectivity index (χ3v) is 5.68. The summed E-state index contributed by atoms with van der Waals surface area (Å²) in [5.74, 6) is 0.962. The molecule has 0 bridgehead atoms. The van der Waals surface area contributed by atoms with Gasteiger partial charge >= 0.3 is 6.03 Å². The van der Waals surface area contributed by atoms with Crippen LogP contribution in [-0.4, -0.2) is 39.3 Å². The van der Waals surface area contributed by atoms with Crippen molar-refractivity contribution >= 4 is 29.1 Å². The minimum absolute atomic E-state index is 0.0689. The van der Waals surface area contributed by atoms with E-state index in [9.17, 15) is 9.59 Å². The number of anilines is 1. The molecular formula is C17H22N6O2S. The molecule has 2 aliphatic rings. The summed E-state index contributed by atoms with van der Waals surface area (Å²) in [6, 6.07) is 0.909. The van der Waals surface area contributed by atoms with Crippen LogP contribution in [-0.2, 0) is 11.8 Å². The third-order valence-electron chi connectivity index (χ3n) is 4.82. The number of nitrogens with zero attached hydrogens (tertiary/aromatic N) is 4. The Bertz CT molecular complexity index is 785. The van der Waals surface area contributed by atoms with Crippen molar-refractivity contribution in [2.75, 3.05) is 11.4 Å². The zero-order valence-corrected chi connectivity index (χ0v) is 15.4. The number of hydrogen-bond acceptors (Lipinski definition) is 5. The van der Waals surface area contributed by atoms with Gasteiger partial charge in [0.1, 0.15) is 11.0 Å². The molecule has 26 heavy (non-hydrogen) atoms. The van der Waals surface area contributed by atoms with Crippen LogP contribution in [0.4, 0.5) is 10.6 Å². The monoisotopic (exact) mass is 374 g/mol. The highest BCUT2D eigenvalue weighted by Gasteiger charge is 2.36. The van der Waals surface area contributed by atoms with Crippen LogP contribution in [0.25, 0.3) is 0 Å². The molecule has 1 saturated heterocycles. The summed E-state index contributed by atoms with van der Waals surface area (Å²) in [7, 11) is 1.82. The highest BCUT2D eigenvalue weighted by atomic mass is 32.1. The lowest BCUT2D eigenvalue weighted by Crippen LogP contribution is -2.55. The van der Waals surface area contributed by atoms with Gasteiger partial charge in [0.05, 0.1) is 6.04 Å². The summed E-state index contributed by atoms with van der Waals surface area (Å²) in [4.78, 5) is 31.2. The van der Waals surface area contributed by atoms with Crippen LogP contribution in [0.15, 0.2) is 23.8 Å². The second kappa shape index (κ2) is 7.06. The molecule has 4 rings (SSSR count). The van der Waals surface area contributed by atoms with E-state index in [0.717, 1.165) is 24.3 Å². The van der Waals surface area contributed by atoms with Crippen LogP contribution in [0.2, 0.25) is 0 Å². The van der Waals surface area contributed by atoms with Gasteiger partial charge in [-0.1, -0.05) is 0 Å². The highest BCUT2D eigenvalue weighted by Crippen LogP contribution is 2.41. The highest BCUT2D eigenvalue weighted by molar-refractivity contribution is 7.09. The second-order valence-corrected chi connectivity index (χ2v) is 7.76. The van der Waals surface area contributed by atoms with Crippen LogP contribution in [0.5, 0.6) is 0 Å². The first-order valence-electron chi connectivity index (χ1n) is 8.89. The predicted octanol–water partition coefficient (Wildman–Crippen LogP) is 1.82. The standard InChI is InChI=1S/C17H22N6O2S/c1-22-9-6-13(21-22)23-8-2-3-12(16(23)24)19-17(25)20-14(11-4-5-11)15-18-7-10-26-15/h6-7,9-12,14H,2-5,8H2,1H3,(H2,19,20,25)/t12-,14+/m0/s1. The maximum Gasteiger partial charge on any atom is 0.316 e. The lowest BCUT2D eigenvalue weighted by Gasteiger charge is -2.31. The van der Waals surface area contributed by atoms with Gasteiger partial charge in [-0.2, -0.15) is 5.10 Å². The Hall–Kier alpha value is -2.42. The molecule has 2 atom stereocenters. The summed E-state index contributed by atoms with van der Waals surface area (Å²) < 4.78 is 1.67. The third kappa shape index (κ3) is 3.57. The van der Waals surface area contributed by atoms with Crippen molar-refractivity contribution in [3.05, 3.63) is 28.8 Å². The van der Waals surface area contributed by atoms with E-state index in [2.05, 4.69) is 20.7 Å². The van der Waals surface area contributed by atoms with Crippen molar-refractivity contribution < 1.29 is 9.59 Å². The quantitative estimate of drug-likeness (QED) is 0.835. The molecule has 1 saturated carbocycles. The molecule has 2 N–H and O–H groups in total. The van der Waals surface area contributed by atoms with Crippen molar-refractivity contribution in [2.45, 2.75) is 37.8 Å². The fraction of sp³-hybridized carbons (Fsp3) is 0.529. The largest absolute Gasteiger partial charge is 0.329 e. The first-order valence-corrected chi connectivity index (χ1v) is 9.77. The molecule has 138 valence electrons. The van der Waals surface area contributed by atoms with Gasteiger partial charge in [-0.3, -0.25) is 14.4 Å². The number of rotatable bonds is 5. The van der Waals surface area contributed by atoms with E-state index < -0.39 is 6.04 Å². The summed E-state index contributed by atoms with van der Waals surface area (Å²) in [6.07, 6.45) is 7.22. The molecule has 8 nitrogen and oxygen atoms in total. The summed E-state index contributed by atoms with van der Waals surface area (Å²) in [6.45, 7) is 0.624. The average molecular weight is 374 g/mol. The zero-order chi connectivity index (χ0) is 18.1. The van der Waals surface area contributed by atoms with Crippen molar-refractivity contribution in [1.82, 2.24) is 25.4 Å². The molecule has 3 heterocycles. The Kier molecular flexibility index (Phi) is 4.62. The molecule has 2 fully saturated rings. The Morgan fingerprint density at radius 1 is 1.38 bits per heavy atom. The Labute approximate surface area is 155 Å².